The molecule has 0 saturated heterocycles. The van der Waals surface area contributed by atoms with Crippen molar-refractivity contribution in [1.82, 2.24) is 0 Å². The predicted molar refractivity (Wildman–Crippen MR) is 74.4 cm³/mol. The predicted octanol–water partition coefficient (Wildman–Crippen LogP) is 3.26. The maximum atomic E-state index is 13.7. The fraction of sp³-hybridized carbons (Fsp3) is 0.125. The molecule has 0 heterocycles. The minimum atomic E-state index is -0.814. The molecule has 0 bridgehead atoms. The van der Waals surface area contributed by atoms with Crippen LogP contribution in [0.4, 0.5) is 4.39 Å². The summed E-state index contributed by atoms with van der Waals surface area (Å²) in [5.41, 5.74) is 0.317. The minimum absolute atomic E-state index is 0.0888. The van der Waals surface area contributed by atoms with E-state index in [9.17, 15) is 14.0 Å². The van der Waals surface area contributed by atoms with Gasteiger partial charge >= 0.3 is 5.97 Å². The number of ether oxygens (including phenoxy) is 2. The van der Waals surface area contributed by atoms with Crippen molar-refractivity contribution in [3.63, 3.8) is 0 Å². The average Bonchev–Trinajstić information content (AvgIpc) is 2.47. The van der Waals surface area contributed by atoms with Crippen LogP contribution in [0.2, 0.25) is 0 Å². The van der Waals surface area contributed by atoms with Crippen molar-refractivity contribution in [3.8, 4) is 11.5 Å². The van der Waals surface area contributed by atoms with Gasteiger partial charge in [-0.05, 0) is 43.3 Å². The zero-order valence-corrected chi connectivity index (χ0v) is 11.6. The molecule has 0 fully saturated rings. The van der Waals surface area contributed by atoms with Crippen molar-refractivity contribution in [2.75, 3.05) is 7.11 Å². The first-order valence-corrected chi connectivity index (χ1v) is 6.18. The first-order chi connectivity index (χ1) is 10.0. The molecular formula is C16H13FO4. The van der Waals surface area contributed by atoms with E-state index in [2.05, 4.69) is 0 Å². The zero-order chi connectivity index (χ0) is 15.4. The Morgan fingerprint density at radius 2 is 1.62 bits per heavy atom. The standard InChI is InChI=1S/C16H13FO4/c1-10(18)11-3-5-12(6-4-11)21-16(19)14-8-7-13(20-2)9-15(14)17/h3-9H,1-2H3. The third kappa shape index (κ3) is 3.45. The highest BCUT2D eigenvalue weighted by Gasteiger charge is 2.15. The molecule has 0 saturated carbocycles. The quantitative estimate of drug-likeness (QED) is 0.492. The van der Waals surface area contributed by atoms with Crippen LogP contribution in [-0.4, -0.2) is 18.9 Å². The van der Waals surface area contributed by atoms with Crippen LogP contribution < -0.4 is 9.47 Å². The molecule has 2 rings (SSSR count). The van der Waals surface area contributed by atoms with Crippen molar-refractivity contribution in [2.24, 2.45) is 0 Å². The SMILES string of the molecule is COc1ccc(C(=O)Oc2ccc(C(C)=O)cc2)c(F)c1. The van der Waals surface area contributed by atoms with Gasteiger partial charge in [-0.15, -0.1) is 0 Å². The Labute approximate surface area is 121 Å². The third-order valence-corrected chi connectivity index (χ3v) is 2.87. The Kier molecular flexibility index (Phi) is 4.33. The number of rotatable bonds is 4. The van der Waals surface area contributed by atoms with E-state index < -0.39 is 11.8 Å². The van der Waals surface area contributed by atoms with Crippen LogP contribution in [0.3, 0.4) is 0 Å². The maximum Gasteiger partial charge on any atom is 0.346 e. The molecular weight excluding hydrogens is 275 g/mol. The number of Topliss-reactive ketones (excluding diaryl/α,β-unsaturated/α-hetero) is 1. The number of esters is 1. The maximum absolute atomic E-state index is 13.7. The molecule has 0 radical (unpaired) electrons. The van der Waals surface area contributed by atoms with Crippen LogP contribution in [0, 0.1) is 5.82 Å². The number of benzene rings is 2. The highest BCUT2D eigenvalue weighted by atomic mass is 19.1. The van der Waals surface area contributed by atoms with Gasteiger partial charge < -0.3 is 9.47 Å². The van der Waals surface area contributed by atoms with Gasteiger partial charge in [0.2, 0.25) is 0 Å². The van der Waals surface area contributed by atoms with Gasteiger partial charge in [-0.1, -0.05) is 0 Å². The monoisotopic (exact) mass is 288 g/mol. The molecule has 4 nitrogen and oxygen atoms in total. The summed E-state index contributed by atoms with van der Waals surface area (Å²) >= 11 is 0. The fourth-order valence-corrected chi connectivity index (χ4v) is 1.71. The molecule has 2 aromatic carbocycles. The molecule has 0 spiro atoms. The second-order valence-electron chi connectivity index (χ2n) is 4.32. The first-order valence-electron chi connectivity index (χ1n) is 6.18. The number of hydrogen-bond donors (Lipinski definition) is 0. The van der Waals surface area contributed by atoms with E-state index in [4.69, 9.17) is 9.47 Å². The molecule has 0 aliphatic rings. The van der Waals surface area contributed by atoms with E-state index in [0.717, 1.165) is 6.07 Å². The number of hydrogen-bond acceptors (Lipinski definition) is 4. The van der Waals surface area contributed by atoms with Crippen LogP contribution in [0.25, 0.3) is 0 Å². The summed E-state index contributed by atoms with van der Waals surface area (Å²) in [5, 5.41) is 0. The number of carbonyl (C=O) groups excluding carboxylic acids is 2. The molecule has 0 aromatic heterocycles. The van der Waals surface area contributed by atoms with E-state index in [1.165, 1.54) is 50.4 Å². The van der Waals surface area contributed by atoms with E-state index >= 15 is 0 Å². The Hall–Kier alpha value is -2.69. The van der Waals surface area contributed by atoms with Gasteiger partial charge in [0.1, 0.15) is 17.3 Å². The van der Waals surface area contributed by atoms with Crippen molar-refractivity contribution in [2.45, 2.75) is 6.92 Å². The van der Waals surface area contributed by atoms with Gasteiger partial charge in [-0.2, -0.15) is 0 Å². The summed E-state index contributed by atoms with van der Waals surface area (Å²) in [6, 6.07) is 9.91. The summed E-state index contributed by atoms with van der Waals surface area (Å²) in [6.45, 7) is 1.44. The summed E-state index contributed by atoms with van der Waals surface area (Å²) < 4.78 is 23.7. The van der Waals surface area contributed by atoms with Crippen LogP contribution in [0.1, 0.15) is 27.6 Å². The number of methoxy groups -OCH3 is 1. The van der Waals surface area contributed by atoms with Crippen molar-refractivity contribution in [3.05, 3.63) is 59.4 Å². The Bertz CT molecular complexity index is 677. The largest absolute Gasteiger partial charge is 0.497 e. The van der Waals surface area contributed by atoms with Gasteiger partial charge in [-0.25, -0.2) is 9.18 Å². The van der Waals surface area contributed by atoms with Crippen molar-refractivity contribution < 1.29 is 23.5 Å². The normalized spacial score (nSPS) is 10.0. The third-order valence-electron chi connectivity index (χ3n) is 2.87. The second kappa shape index (κ2) is 6.17. The molecule has 0 unspecified atom stereocenters. The van der Waals surface area contributed by atoms with Gasteiger partial charge in [0, 0.05) is 11.6 Å². The molecule has 108 valence electrons. The number of carbonyl (C=O) groups is 2. The minimum Gasteiger partial charge on any atom is -0.497 e. The van der Waals surface area contributed by atoms with Crippen LogP contribution in [0.15, 0.2) is 42.5 Å². The summed E-state index contributed by atoms with van der Waals surface area (Å²) in [4.78, 5) is 23.0. The van der Waals surface area contributed by atoms with Crippen LogP contribution >= 0.6 is 0 Å². The Morgan fingerprint density at radius 3 is 2.14 bits per heavy atom. The topological polar surface area (TPSA) is 52.6 Å². The molecule has 0 aliphatic carbocycles. The van der Waals surface area contributed by atoms with E-state index in [0.29, 0.717) is 11.3 Å². The number of halogens is 1. The molecule has 2 aromatic rings. The van der Waals surface area contributed by atoms with E-state index in [1.54, 1.807) is 0 Å². The molecule has 0 N–H and O–H groups in total. The first kappa shape index (κ1) is 14.7. The lowest BCUT2D eigenvalue weighted by Gasteiger charge is -2.07. The summed E-state index contributed by atoms with van der Waals surface area (Å²) in [7, 11) is 1.41. The van der Waals surface area contributed by atoms with Gasteiger partial charge in [-0.3, -0.25) is 4.79 Å². The van der Waals surface area contributed by atoms with Gasteiger partial charge in [0.15, 0.2) is 5.78 Å². The van der Waals surface area contributed by atoms with E-state index in [1.807, 2.05) is 0 Å². The zero-order valence-electron chi connectivity index (χ0n) is 11.6. The number of ketones is 1. The second-order valence-corrected chi connectivity index (χ2v) is 4.32. The molecule has 0 amide bonds. The Balaban J connectivity index is 2.16. The summed E-state index contributed by atoms with van der Waals surface area (Å²) in [6.07, 6.45) is 0. The van der Waals surface area contributed by atoms with Crippen LogP contribution in [-0.2, 0) is 0 Å². The fourth-order valence-electron chi connectivity index (χ4n) is 1.71. The molecule has 0 atom stereocenters. The Morgan fingerprint density at radius 1 is 1.00 bits per heavy atom. The smallest absolute Gasteiger partial charge is 0.346 e. The molecule has 21 heavy (non-hydrogen) atoms. The van der Waals surface area contributed by atoms with Crippen molar-refractivity contribution >= 4 is 11.8 Å². The van der Waals surface area contributed by atoms with Crippen LogP contribution in [0.5, 0.6) is 11.5 Å². The van der Waals surface area contributed by atoms with E-state index in [-0.39, 0.29) is 17.1 Å². The highest BCUT2D eigenvalue weighted by Crippen LogP contribution is 2.19. The highest BCUT2D eigenvalue weighted by molar-refractivity contribution is 5.94. The lowest BCUT2D eigenvalue weighted by Crippen LogP contribution is -2.10. The lowest BCUT2D eigenvalue weighted by molar-refractivity contribution is 0.0730. The van der Waals surface area contributed by atoms with Gasteiger partial charge in [0.05, 0.1) is 12.7 Å². The van der Waals surface area contributed by atoms with Crippen molar-refractivity contribution in [1.29, 1.82) is 0 Å². The lowest BCUT2D eigenvalue weighted by atomic mass is 10.1. The molecule has 5 heteroatoms. The van der Waals surface area contributed by atoms with Gasteiger partial charge in [0.25, 0.3) is 0 Å². The molecule has 0 aliphatic heterocycles. The average molecular weight is 288 g/mol. The summed E-state index contributed by atoms with van der Waals surface area (Å²) in [5.74, 6) is -1.07.